The Morgan fingerprint density at radius 2 is 1.88 bits per heavy atom. The molecule has 0 spiro atoms. The van der Waals surface area contributed by atoms with Gasteiger partial charge in [0.2, 0.25) is 0 Å². The summed E-state index contributed by atoms with van der Waals surface area (Å²) in [7, 11) is 0. The fourth-order valence-electron chi connectivity index (χ4n) is 1.35. The Balaban J connectivity index is 0.000000280. The number of carboxylic acids is 1. The predicted octanol–water partition coefficient (Wildman–Crippen LogP) is 4.00. The van der Waals surface area contributed by atoms with Crippen molar-refractivity contribution < 1.29 is 9.90 Å². The van der Waals surface area contributed by atoms with Gasteiger partial charge in [0.05, 0.1) is 0 Å². The van der Waals surface area contributed by atoms with Gasteiger partial charge in [-0.15, -0.1) is 0 Å². The third-order valence-corrected chi connectivity index (χ3v) is 2.68. The molecule has 0 atom stereocenters. The van der Waals surface area contributed by atoms with E-state index >= 15 is 0 Å². The zero-order valence-electron chi connectivity index (χ0n) is 9.20. The third kappa shape index (κ3) is 3.66. The Bertz CT molecular complexity index is 502. The Labute approximate surface area is 103 Å². The summed E-state index contributed by atoms with van der Waals surface area (Å²) in [5, 5.41) is 9.99. The van der Waals surface area contributed by atoms with E-state index < -0.39 is 5.97 Å². The van der Waals surface area contributed by atoms with Gasteiger partial charge >= 0.3 is 0 Å². The molecule has 2 nitrogen and oxygen atoms in total. The van der Waals surface area contributed by atoms with E-state index in [2.05, 4.69) is 59.3 Å². The average molecular weight is 281 g/mol. The SMILES string of the molecule is CC(=O)O.Cc1ccc2cccc(Br)c2c1. The number of carboxylic acid groups (broad SMARTS) is 1. The minimum Gasteiger partial charge on any atom is -0.481 e. The topological polar surface area (TPSA) is 37.3 Å². The maximum atomic E-state index is 9.00. The van der Waals surface area contributed by atoms with Crippen LogP contribution in [0.2, 0.25) is 0 Å². The van der Waals surface area contributed by atoms with Gasteiger partial charge in [0, 0.05) is 11.4 Å². The number of fused-ring (bicyclic) bond motifs is 1. The minimum atomic E-state index is -0.833. The van der Waals surface area contributed by atoms with Gasteiger partial charge in [-0.1, -0.05) is 51.8 Å². The van der Waals surface area contributed by atoms with E-state index in [1.54, 1.807) is 0 Å². The molecule has 2 rings (SSSR count). The molecule has 0 saturated heterocycles. The lowest BCUT2D eigenvalue weighted by molar-refractivity contribution is -0.134. The highest BCUT2D eigenvalue weighted by atomic mass is 79.9. The van der Waals surface area contributed by atoms with Crippen molar-refractivity contribution >= 4 is 32.7 Å². The fraction of sp³-hybridized carbons (Fsp3) is 0.154. The van der Waals surface area contributed by atoms with E-state index in [-0.39, 0.29) is 0 Å². The molecule has 1 N–H and O–H groups in total. The van der Waals surface area contributed by atoms with Crippen molar-refractivity contribution in [2.75, 3.05) is 0 Å². The molecule has 2 aromatic rings. The van der Waals surface area contributed by atoms with Gasteiger partial charge in [0.1, 0.15) is 0 Å². The molecule has 0 heterocycles. The summed E-state index contributed by atoms with van der Waals surface area (Å²) < 4.78 is 1.17. The zero-order chi connectivity index (χ0) is 12.1. The van der Waals surface area contributed by atoms with Crippen molar-refractivity contribution in [1.82, 2.24) is 0 Å². The van der Waals surface area contributed by atoms with E-state index in [9.17, 15) is 0 Å². The molecule has 0 saturated carbocycles. The minimum absolute atomic E-state index is 0.833. The summed E-state index contributed by atoms with van der Waals surface area (Å²) in [6.07, 6.45) is 0. The zero-order valence-corrected chi connectivity index (χ0v) is 10.8. The number of rotatable bonds is 0. The van der Waals surface area contributed by atoms with Crippen LogP contribution in [-0.4, -0.2) is 11.1 Å². The molecule has 0 aliphatic rings. The summed E-state index contributed by atoms with van der Waals surface area (Å²) >= 11 is 3.53. The molecule has 2 aromatic carbocycles. The summed E-state index contributed by atoms with van der Waals surface area (Å²) in [6, 6.07) is 12.7. The lowest BCUT2D eigenvalue weighted by atomic mass is 10.1. The maximum Gasteiger partial charge on any atom is 0.300 e. The van der Waals surface area contributed by atoms with Crippen LogP contribution in [0.1, 0.15) is 12.5 Å². The van der Waals surface area contributed by atoms with Crippen LogP contribution in [-0.2, 0) is 4.79 Å². The Morgan fingerprint density at radius 3 is 2.50 bits per heavy atom. The lowest BCUT2D eigenvalue weighted by Crippen LogP contribution is -1.78. The highest BCUT2D eigenvalue weighted by Crippen LogP contribution is 2.24. The van der Waals surface area contributed by atoms with Crippen LogP contribution >= 0.6 is 15.9 Å². The highest BCUT2D eigenvalue weighted by Gasteiger charge is 1.96. The monoisotopic (exact) mass is 280 g/mol. The molecule has 0 amide bonds. The number of hydrogen-bond acceptors (Lipinski definition) is 1. The van der Waals surface area contributed by atoms with Crippen LogP contribution < -0.4 is 0 Å². The molecule has 16 heavy (non-hydrogen) atoms. The van der Waals surface area contributed by atoms with Crippen molar-refractivity contribution in [3.63, 3.8) is 0 Å². The summed E-state index contributed by atoms with van der Waals surface area (Å²) in [5.74, 6) is -0.833. The van der Waals surface area contributed by atoms with E-state index in [0.29, 0.717) is 0 Å². The number of carbonyl (C=O) groups is 1. The quantitative estimate of drug-likeness (QED) is 0.792. The van der Waals surface area contributed by atoms with Crippen LogP contribution in [0.25, 0.3) is 10.8 Å². The molecule has 0 aromatic heterocycles. The van der Waals surface area contributed by atoms with Crippen LogP contribution in [0.3, 0.4) is 0 Å². The van der Waals surface area contributed by atoms with Crippen molar-refractivity contribution in [1.29, 1.82) is 0 Å². The van der Waals surface area contributed by atoms with Crippen molar-refractivity contribution in [2.45, 2.75) is 13.8 Å². The number of aliphatic carboxylic acids is 1. The normalized spacial score (nSPS) is 9.44. The van der Waals surface area contributed by atoms with Crippen LogP contribution in [0.15, 0.2) is 40.9 Å². The molecular weight excluding hydrogens is 268 g/mol. The van der Waals surface area contributed by atoms with Crippen LogP contribution in [0.4, 0.5) is 0 Å². The number of hydrogen-bond donors (Lipinski definition) is 1. The van der Waals surface area contributed by atoms with E-state index in [4.69, 9.17) is 9.90 Å². The van der Waals surface area contributed by atoms with E-state index in [0.717, 1.165) is 6.92 Å². The van der Waals surface area contributed by atoms with Crippen molar-refractivity contribution in [2.24, 2.45) is 0 Å². The fourth-order valence-corrected chi connectivity index (χ4v) is 1.84. The van der Waals surface area contributed by atoms with E-state index in [1.165, 1.54) is 20.8 Å². The first-order chi connectivity index (χ1) is 7.50. The van der Waals surface area contributed by atoms with Gasteiger partial charge in [0.15, 0.2) is 0 Å². The van der Waals surface area contributed by atoms with Gasteiger partial charge < -0.3 is 5.11 Å². The Hall–Kier alpha value is -1.35. The molecule has 0 aliphatic heterocycles. The number of aryl methyl sites for hydroxylation is 1. The second-order valence-corrected chi connectivity index (χ2v) is 4.34. The van der Waals surface area contributed by atoms with Gasteiger partial charge in [-0.3, -0.25) is 4.79 Å². The van der Waals surface area contributed by atoms with Gasteiger partial charge in [-0.05, 0) is 23.8 Å². The number of halogens is 1. The molecule has 84 valence electrons. The smallest absolute Gasteiger partial charge is 0.300 e. The average Bonchev–Trinajstić information content (AvgIpc) is 2.18. The lowest BCUT2D eigenvalue weighted by Gasteiger charge is -2.00. The van der Waals surface area contributed by atoms with Crippen LogP contribution in [0.5, 0.6) is 0 Å². The van der Waals surface area contributed by atoms with Gasteiger partial charge in [-0.25, -0.2) is 0 Å². The second-order valence-electron chi connectivity index (χ2n) is 3.48. The Kier molecular flexibility index (Phi) is 4.50. The highest BCUT2D eigenvalue weighted by molar-refractivity contribution is 9.10. The van der Waals surface area contributed by atoms with Gasteiger partial charge in [-0.2, -0.15) is 0 Å². The van der Waals surface area contributed by atoms with Crippen molar-refractivity contribution in [3.8, 4) is 0 Å². The molecule has 0 unspecified atom stereocenters. The first-order valence-electron chi connectivity index (χ1n) is 4.85. The van der Waals surface area contributed by atoms with Crippen LogP contribution in [0, 0.1) is 6.92 Å². The van der Waals surface area contributed by atoms with Crippen molar-refractivity contribution in [3.05, 3.63) is 46.4 Å². The molecule has 0 aliphatic carbocycles. The standard InChI is InChI=1S/C11H9Br.C2H4O2/c1-8-5-6-9-3-2-4-11(12)10(9)7-8;1-2(3)4/h2-7H,1H3;1H3,(H,3,4). The first-order valence-corrected chi connectivity index (χ1v) is 5.64. The maximum absolute atomic E-state index is 9.00. The molecule has 0 fully saturated rings. The van der Waals surface area contributed by atoms with E-state index in [1.807, 2.05) is 0 Å². The molecule has 0 radical (unpaired) electrons. The molecular formula is C13H13BrO2. The predicted molar refractivity (Wildman–Crippen MR) is 69.7 cm³/mol. The number of benzene rings is 2. The second kappa shape index (κ2) is 5.66. The summed E-state index contributed by atoms with van der Waals surface area (Å²) in [4.78, 5) is 9.00. The molecule has 0 bridgehead atoms. The first kappa shape index (κ1) is 12.7. The third-order valence-electron chi connectivity index (χ3n) is 1.98. The summed E-state index contributed by atoms with van der Waals surface area (Å²) in [5.41, 5.74) is 1.30. The summed E-state index contributed by atoms with van der Waals surface area (Å²) in [6.45, 7) is 3.19. The largest absolute Gasteiger partial charge is 0.481 e. The molecule has 3 heteroatoms. The van der Waals surface area contributed by atoms with Gasteiger partial charge in [0.25, 0.3) is 5.97 Å². The Morgan fingerprint density at radius 1 is 1.25 bits per heavy atom.